The fourth-order valence-corrected chi connectivity index (χ4v) is 8.73. The summed E-state index contributed by atoms with van der Waals surface area (Å²) in [6.45, 7) is 6.73. The molecule has 2 fully saturated rings. The summed E-state index contributed by atoms with van der Waals surface area (Å²) in [5, 5.41) is 6.83. The summed E-state index contributed by atoms with van der Waals surface area (Å²) in [4.78, 5) is 52.8. The SMILES string of the molecule is CC(=O)N1CCC(NCc2ccc(-c3nccc(-c4cccc(NC(=O)c5nc6c(n5C)CCN(C5CCN(C(C)=O)CC5)C6)c4C)c3Cl)cc2OC(F)F)CC1. The minimum absolute atomic E-state index is 0.0268. The van der Waals surface area contributed by atoms with Gasteiger partial charge >= 0.3 is 6.61 Å². The smallest absolute Gasteiger partial charge is 0.387 e. The normalized spacial score (nSPS) is 16.8. The Morgan fingerprint density at radius 1 is 0.947 bits per heavy atom. The zero-order valence-corrected chi connectivity index (χ0v) is 33.5. The van der Waals surface area contributed by atoms with E-state index in [4.69, 9.17) is 21.3 Å². The van der Waals surface area contributed by atoms with Gasteiger partial charge in [-0.1, -0.05) is 35.9 Å². The van der Waals surface area contributed by atoms with E-state index in [1.807, 2.05) is 46.5 Å². The van der Waals surface area contributed by atoms with E-state index < -0.39 is 6.61 Å². The summed E-state index contributed by atoms with van der Waals surface area (Å²) in [5.74, 6) is 0.209. The van der Waals surface area contributed by atoms with Crippen LogP contribution in [0.25, 0.3) is 22.4 Å². The molecule has 0 atom stereocenters. The molecule has 3 aliphatic heterocycles. The zero-order valence-electron chi connectivity index (χ0n) is 32.8. The van der Waals surface area contributed by atoms with Crippen molar-refractivity contribution in [1.29, 1.82) is 0 Å². The molecule has 302 valence electrons. The van der Waals surface area contributed by atoms with E-state index in [9.17, 15) is 23.2 Å². The van der Waals surface area contributed by atoms with Crippen molar-refractivity contribution in [1.82, 2.24) is 34.6 Å². The van der Waals surface area contributed by atoms with Crippen molar-refractivity contribution >= 4 is 35.0 Å². The van der Waals surface area contributed by atoms with Crippen LogP contribution in [0.5, 0.6) is 5.75 Å². The van der Waals surface area contributed by atoms with Crippen molar-refractivity contribution in [3.8, 4) is 28.1 Å². The van der Waals surface area contributed by atoms with Crippen LogP contribution in [0.15, 0.2) is 48.7 Å². The average Bonchev–Trinajstić information content (AvgIpc) is 3.53. The van der Waals surface area contributed by atoms with Crippen LogP contribution in [0.1, 0.15) is 72.7 Å². The maximum atomic E-state index is 13.8. The van der Waals surface area contributed by atoms with Gasteiger partial charge in [-0.15, -0.1) is 0 Å². The fourth-order valence-electron chi connectivity index (χ4n) is 8.41. The number of carbonyl (C=O) groups is 3. The molecule has 0 radical (unpaired) electrons. The van der Waals surface area contributed by atoms with E-state index in [0.717, 1.165) is 74.3 Å². The average molecular weight is 803 g/mol. The molecule has 3 aliphatic rings. The molecular weight excluding hydrogens is 754 g/mol. The van der Waals surface area contributed by atoms with Gasteiger partial charge in [0.2, 0.25) is 11.8 Å². The Labute approximate surface area is 336 Å². The third-order valence-electron chi connectivity index (χ3n) is 11.8. The van der Waals surface area contributed by atoms with Crippen LogP contribution in [-0.4, -0.2) is 98.4 Å². The highest BCUT2D eigenvalue weighted by atomic mass is 35.5. The molecule has 0 unspecified atom stereocenters. The van der Waals surface area contributed by atoms with E-state index in [2.05, 4.69) is 20.5 Å². The van der Waals surface area contributed by atoms with E-state index in [0.29, 0.717) is 71.1 Å². The van der Waals surface area contributed by atoms with Crippen molar-refractivity contribution in [2.24, 2.45) is 7.05 Å². The number of nitrogens with one attached hydrogen (secondary N) is 2. The summed E-state index contributed by atoms with van der Waals surface area (Å²) in [6, 6.07) is 13.0. The molecule has 0 saturated carbocycles. The second-order valence-electron chi connectivity index (χ2n) is 15.2. The summed E-state index contributed by atoms with van der Waals surface area (Å²) in [6.07, 6.45) is 5.80. The number of hydrogen-bond donors (Lipinski definition) is 2. The number of carbonyl (C=O) groups excluding carboxylic acids is 3. The number of pyridine rings is 1. The van der Waals surface area contributed by atoms with Crippen molar-refractivity contribution in [2.45, 2.75) is 84.7 Å². The van der Waals surface area contributed by atoms with Crippen LogP contribution in [-0.2, 0) is 36.1 Å². The van der Waals surface area contributed by atoms with Gasteiger partial charge in [-0.05, 0) is 61.9 Å². The number of benzene rings is 2. The van der Waals surface area contributed by atoms with Crippen LogP contribution in [0.2, 0.25) is 5.02 Å². The minimum Gasteiger partial charge on any atom is -0.434 e. The molecule has 2 aromatic heterocycles. The van der Waals surface area contributed by atoms with E-state index in [1.54, 1.807) is 38.2 Å². The van der Waals surface area contributed by atoms with Crippen LogP contribution in [0.4, 0.5) is 14.5 Å². The second-order valence-corrected chi connectivity index (χ2v) is 15.5. The molecule has 57 heavy (non-hydrogen) atoms. The quantitative estimate of drug-likeness (QED) is 0.188. The van der Waals surface area contributed by atoms with Gasteiger partial charge in [0.05, 0.1) is 16.4 Å². The van der Waals surface area contributed by atoms with E-state index in [-0.39, 0.29) is 29.5 Å². The molecule has 2 aromatic carbocycles. The molecular formula is C42H49ClF2N8O4. The van der Waals surface area contributed by atoms with Gasteiger partial charge in [0, 0.05) is 119 Å². The Morgan fingerprint density at radius 2 is 1.65 bits per heavy atom. The van der Waals surface area contributed by atoms with Gasteiger partial charge in [-0.3, -0.25) is 24.3 Å². The molecule has 3 amide bonds. The minimum atomic E-state index is -3.03. The second kappa shape index (κ2) is 17.3. The number of aromatic nitrogens is 3. The molecule has 2 N–H and O–H groups in total. The molecule has 7 rings (SSSR count). The molecule has 4 aromatic rings. The lowest BCUT2D eigenvalue weighted by Crippen LogP contribution is -2.47. The van der Waals surface area contributed by atoms with Crippen molar-refractivity contribution in [3.05, 3.63) is 82.0 Å². The van der Waals surface area contributed by atoms with E-state index in [1.165, 1.54) is 6.07 Å². The van der Waals surface area contributed by atoms with Gasteiger partial charge < -0.3 is 29.7 Å². The number of imidazole rings is 1. The predicted octanol–water partition coefficient (Wildman–Crippen LogP) is 6.43. The Balaban J connectivity index is 1.06. The molecule has 2 saturated heterocycles. The standard InChI is InChI=1S/C42H49ClF2N8O4/c1-25-32(6-5-7-34(25)49-41(56)40-48-35-24-53(21-15-36(35)50(40)4)31-13-19-52(20-14-31)27(3)55)33-10-16-46-39(38(33)43)28-8-9-29(37(22-28)57-42(44)45)23-47-30-11-17-51(18-12-30)26(2)54/h5-10,16,22,30-31,42,47H,11-15,17-21,23-24H2,1-4H3,(H,49,56). The Hall–Kier alpha value is -4.92. The first-order chi connectivity index (χ1) is 27.4. The third kappa shape index (κ3) is 8.82. The first kappa shape index (κ1) is 40.3. The van der Waals surface area contributed by atoms with Crippen molar-refractivity contribution < 1.29 is 27.9 Å². The van der Waals surface area contributed by atoms with Gasteiger partial charge in [0.25, 0.3) is 5.91 Å². The van der Waals surface area contributed by atoms with Crippen molar-refractivity contribution in [3.63, 3.8) is 0 Å². The van der Waals surface area contributed by atoms with Crippen LogP contribution in [0.3, 0.4) is 0 Å². The number of fused-ring (bicyclic) bond motifs is 1. The van der Waals surface area contributed by atoms with Gasteiger partial charge in [0.1, 0.15) is 5.75 Å². The topological polar surface area (TPSA) is 125 Å². The number of anilines is 1. The monoisotopic (exact) mass is 802 g/mol. The predicted molar refractivity (Wildman–Crippen MR) is 214 cm³/mol. The number of rotatable bonds is 10. The van der Waals surface area contributed by atoms with E-state index >= 15 is 0 Å². The number of hydrogen-bond acceptors (Lipinski definition) is 8. The first-order valence-corrected chi connectivity index (χ1v) is 19.9. The molecule has 5 heterocycles. The number of nitrogens with zero attached hydrogens (tertiary/aromatic N) is 6. The number of halogens is 3. The molecule has 0 spiro atoms. The van der Waals surface area contributed by atoms with Crippen LogP contribution >= 0.6 is 11.6 Å². The van der Waals surface area contributed by atoms with Crippen LogP contribution in [0, 0.1) is 6.92 Å². The lowest BCUT2D eigenvalue weighted by molar-refractivity contribution is -0.131. The summed E-state index contributed by atoms with van der Waals surface area (Å²) >= 11 is 7.05. The van der Waals surface area contributed by atoms with Gasteiger partial charge in [0.15, 0.2) is 5.82 Å². The zero-order chi connectivity index (χ0) is 40.4. The van der Waals surface area contributed by atoms with Crippen molar-refractivity contribution in [2.75, 3.05) is 38.0 Å². The van der Waals surface area contributed by atoms with Gasteiger partial charge in [-0.2, -0.15) is 8.78 Å². The molecule has 0 bridgehead atoms. The highest BCUT2D eigenvalue weighted by Gasteiger charge is 2.32. The fraction of sp³-hybridized carbons (Fsp3) is 0.452. The van der Waals surface area contributed by atoms with Crippen LogP contribution < -0.4 is 15.4 Å². The number of piperidine rings is 2. The number of ether oxygens (including phenoxy) is 1. The molecule has 12 nitrogen and oxygen atoms in total. The first-order valence-electron chi connectivity index (χ1n) is 19.5. The Kier molecular flexibility index (Phi) is 12.2. The maximum Gasteiger partial charge on any atom is 0.387 e. The Bertz CT molecular complexity index is 2150. The number of alkyl halides is 2. The van der Waals surface area contributed by atoms with Gasteiger partial charge in [-0.25, -0.2) is 4.98 Å². The summed E-state index contributed by atoms with van der Waals surface area (Å²) < 4.78 is 34.1. The lowest BCUT2D eigenvalue weighted by Gasteiger charge is -2.39. The number of likely N-dealkylation sites (tertiary alicyclic amines) is 2. The lowest BCUT2D eigenvalue weighted by atomic mass is 9.97. The highest BCUT2D eigenvalue weighted by Crippen LogP contribution is 2.39. The highest BCUT2D eigenvalue weighted by molar-refractivity contribution is 6.35. The summed E-state index contributed by atoms with van der Waals surface area (Å²) in [5.41, 5.74) is 6.25. The summed E-state index contributed by atoms with van der Waals surface area (Å²) in [7, 11) is 1.88. The molecule has 0 aliphatic carbocycles. The number of amides is 3. The maximum absolute atomic E-state index is 13.8. The third-order valence-corrected chi connectivity index (χ3v) is 12.1. The molecule has 15 heteroatoms. The Morgan fingerprint density at radius 3 is 2.33 bits per heavy atom. The largest absolute Gasteiger partial charge is 0.434 e.